The summed E-state index contributed by atoms with van der Waals surface area (Å²) in [7, 11) is 0. The van der Waals surface area contributed by atoms with Gasteiger partial charge in [-0.3, -0.25) is 4.79 Å². The normalized spacial score (nSPS) is 13.1. The maximum atomic E-state index is 12.5. The summed E-state index contributed by atoms with van der Waals surface area (Å²) in [5.74, 6) is 0.634. The first-order chi connectivity index (χ1) is 16.1. The Morgan fingerprint density at radius 2 is 1.50 bits per heavy atom. The number of pyridine rings is 1. The van der Waals surface area contributed by atoms with Crippen LogP contribution in [0.3, 0.4) is 0 Å². The van der Waals surface area contributed by atoms with Crippen LogP contribution >= 0.6 is 0 Å². The number of carbonyl (C=O) groups is 2. The molecule has 7 nitrogen and oxygen atoms in total. The molecule has 2 heterocycles. The van der Waals surface area contributed by atoms with Crippen molar-refractivity contribution in [3.63, 3.8) is 0 Å². The van der Waals surface area contributed by atoms with E-state index in [-0.39, 0.29) is 17.5 Å². The standard InChI is InChI=1S/C23H31N5O2.2C2H6/c1-16-6-8-19(14-17(16)2)25-21(29)18-7-9-20(24-15-18)27-10-12-28(13-11-27)22(30)26-23(3,4)5;2*1-2/h6-9,14-15H,10-13H2,1-5H3,(H,25,29)(H,26,30);2*1-2H3. The fourth-order valence-corrected chi connectivity index (χ4v) is 3.27. The first-order valence-electron chi connectivity index (χ1n) is 12.3. The van der Waals surface area contributed by atoms with Crippen molar-refractivity contribution in [2.75, 3.05) is 36.4 Å². The predicted molar refractivity (Wildman–Crippen MR) is 143 cm³/mol. The molecule has 1 aliphatic rings. The molecular formula is C27H43N5O2. The number of benzene rings is 1. The molecule has 34 heavy (non-hydrogen) atoms. The number of anilines is 2. The van der Waals surface area contributed by atoms with Gasteiger partial charge in [-0.05, 0) is 70.0 Å². The number of aryl methyl sites for hydroxylation is 2. The second kappa shape index (κ2) is 13.6. The highest BCUT2D eigenvalue weighted by atomic mass is 16.2. The van der Waals surface area contributed by atoms with E-state index >= 15 is 0 Å². The Bertz CT molecular complexity index is 912. The summed E-state index contributed by atoms with van der Waals surface area (Å²) in [6.45, 7) is 20.7. The van der Waals surface area contributed by atoms with Crippen LogP contribution in [0.15, 0.2) is 36.5 Å². The van der Waals surface area contributed by atoms with Gasteiger partial charge in [-0.15, -0.1) is 0 Å². The van der Waals surface area contributed by atoms with E-state index in [1.807, 2.05) is 91.5 Å². The molecular weight excluding hydrogens is 426 g/mol. The van der Waals surface area contributed by atoms with Crippen molar-refractivity contribution in [3.8, 4) is 0 Å². The van der Waals surface area contributed by atoms with Gasteiger partial charge in [0.2, 0.25) is 0 Å². The predicted octanol–water partition coefficient (Wildman–Crippen LogP) is 5.63. The van der Waals surface area contributed by atoms with Gasteiger partial charge < -0.3 is 20.4 Å². The lowest BCUT2D eigenvalue weighted by atomic mass is 10.1. The number of amides is 3. The van der Waals surface area contributed by atoms with Gasteiger partial charge in [-0.25, -0.2) is 9.78 Å². The van der Waals surface area contributed by atoms with E-state index in [9.17, 15) is 9.59 Å². The highest BCUT2D eigenvalue weighted by molar-refractivity contribution is 6.04. The highest BCUT2D eigenvalue weighted by Crippen LogP contribution is 2.17. The molecule has 0 aliphatic carbocycles. The Kier molecular flexibility index (Phi) is 11.6. The molecule has 1 aliphatic heterocycles. The Hall–Kier alpha value is -3.09. The molecule has 1 aromatic carbocycles. The van der Waals surface area contributed by atoms with Gasteiger partial charge in [0, 0.05) is 43.6 Å². The van der Waals surface area contributed by atoms with Crippen LogP contribution in [-0.4, -0.2) is 53.5 Å². The third-order valence-electron chi connectivity index (χ3n) is 5.15. The average molecular weight is 470 g/mol. The zero-order valence-corrected chi connectivity index (χ0v) is 22.5. The first kappa shape index (κ1) is 28.9. The number of carbonyl (C=O) groups excluding carboxylic acids is 2. The Morgan fingerprint density at radius 3 is 2.00 bits per heavy atom. The van der Waals surface area contributed by atoms with Crippen LogP contribution in [-0.2, 0) is 0 Å². The second-order valence-electron chi connectivity index (χ2n) is 8.81. The molecule has 188 valence electrons. The van der Waals surface area contributed by atoms with Gasteiger partial charge >= 0.3 is 6.03 Å². The quantitative estimate of drug-likeness (QED) is 0.610. The summed E-state index contributed by atoms with van der Waals surface area (Å²) in [5.41, 5.74) is 3.37. The fourth-order valence-electron chi connectivity index (χ4n) is 3.27. The van der Waals surface area contributed by atoms with Crippen LogP contribution in [0.25, 0.3) is 0 Å². The Morgan fingerprint density at radius 1 is 0.882 bits per heavy atom. The molecule has 1 saturated heterocycles. The number of piperazine rings is 1. The maximum Gasteiger partial charge on any atom is 0.317 e. The molecule has 0 bridgehead atoms. The van der Waals surface area contributed by atoms with Gasteiger partial charge in [0.1, 0.15) is 5.82 Å². The molecule has 0 unspecified atom stereocenters. The highest BCUT2D eigenvalue weighted by Gasteiger charge is 2.24. The second-order valence-corrected chi connectivity index (χ2v) is 8.81. The van der Waals surface area contributed by atoms with Crippen molar-refractivity contribution < 1.29 is 9.59 Å². The monoisotopic (exact) mass is 469 g/mol. The number of rotatable bonds is 3. The van der Waals surface area contributed by atoms with Crippen LogP contribution in [0, 0.1) is 13.8 Å². The lowest BCUT2D eigenvalue weighted by Crippen LogP contribution is -2.55. The molecule has 1 fully saturated rings. The summed E-state index contributed by atoms with van der Waals surface area (Å²) in [5, 5.41) is 5.92. The number of aromatic nitrogens is 1. The number of hydrogen-bond donors (Lipinski definition) is 2. The third-order valence-corrected chi connectivity index (χ3v) is 5.15. The van der Waals surface area contributed by atoms with Gasteiger partial charge in [-0.1, -0.05) is 33.8 Å². The number of nitrogens with zero attached hydrogens (tertiary/aromatic N) is 3. The minimum atomic E-state index is -0.247. The molecule has 3 amide bonds. The van der Waals surface area contributed by atoms with E-state index in [0.29, 0.717) is 31.7 Å². The van der Waals surface area contributed by atoms with Gasteiger partial charge in [0.05, 0.1) is 5.56 Å². The molecule has 2 aromatic rings. The van der Waals surface area contributed by atoms with Crippen LogP contribution < -0.4 is 15.5 Å². The molecule has 3 rings (SSSR count). The van der Waals surface area contributed by atoms with Crippen LogP contribution in [0.1, 0.15) is 70.0 Å². The summed E-state index contributed by atoms with van der Waals surface area (Å²) >= 11 is 0. The van der Waals surface area contributed by atoms with E-state index in [1.165, 1.54) is 5.56 Å². The van der Waals surface area contributed by atoms with Gasteiger partial charge in [0.25, 0.3) is 5.91 Å². The Balaban J connectivity index is 0.00000137. The molecule has 1 aromatic heterocycles. The first-order valence-corrected chi connectivity index (χ1v) is 12.3. The number of urea groups is 1. The van der Waals surface area contributed by atoms with Gasteiger partial charge in [-0.2, -0.15) is 0 Å². The van der Waals surface area contributed by atoms with Crippen molar-refractivity contribution in [1.29, 1.82) is 0 Å². The Labute approximate surface area is 205 Å². The molecule has 7 heteroatoms. The van der Waals surface area contributed by atoms with E-state index in [4.69, 9.17) is 0 Å². The number of hydrogen-bond acceptors (Lipinski definition) is 4. The zero-order valence-electron chi connectivity index (χ0n) is 22.5. The number of nitrogens with one attached hydrogen (secondary N) is 2. The summed E-state index contributed by atoms with van der Waals surface area (Å²) in [4.78, 5) is 33.2. The lowest BCUT2D eigenvalue weighted by Gasteiger charge is -2.36. The molecule has 0 spiro atoms. The minimum absolute atomic E-state index is 0.0338. The van der Waals surface area contributed by atoms with Crippen LogP contribution in [0.5, 0.6) is 0 Å². The van der Waals surface area contributed by atoms with Crippen molar-refractivity contribution in [2.24, 2.45) is 0 Å². The van der Waals surface area contributed by atoms with E-state index in [1.54, 1.807) is 12.3 Å². The molecule has 2 N–H and O–H groups in total. The summed E-state index contributed by atoms with van der Waals surface area (Å²) in [6, 6.07) is 9.47. The van der Waals surface area contributed by atoms with Crippen LogP contribution in [0.4, 0.5) is 16.3 Å². The van der Waals surface area contributed by atoms with Crippen molar-refractivity contribution >= 4 is 23.4 Å². The van der Waals surface area contributed by atoms with E-state index < -0.39 is 0 Å². The minimum Gasteiger partial charge on any atom is -0.353 e. The molecule has 0 atom stereocenters. The third kappa shape index (κ3) is 8.69. The van der Waals surface area contributed by atoms with Crippen molar-refractivity contribution in [3.05, 3.63) is 53.2 Å². The fraction of sp³-hybridized carbons (Fsp3) is 0.519. The SMILES string of the molecule is CC.CC.Cc1ccc(NC(=O)c2ccc(N3CCN(C(=O)NC(C)(C)C)CC3)nc2)cc1C. The topological polar surface area (TPSA) is 77.6 Å². The summed E-state index contributed by atoms with van der Waals surface area (Å²) < 4.78 is 0. The largest absolute Gasteiger partial charge is 0.353 e. The van der Waals surface area contributed by atoms with E-state index in [2.05, 4.69) is 20.5 Å². The molecule has 0 radical (unpaired) electrons. The van der Waals surface area contributed by atoms with Gasteiger partial charge in [0.15, 0.2) is 0 Å². The summed E-state index contributed by atoms with van der Waals surface area (Å²) in [6.07, 6.45) is 1.60. The van der Waals surface area contributed by atoms with E-state index in [0.717, 1.165) is 17.1 Å². The van der Waals surface area contributed by atoms with Crippen LogP contribution in [0.2, 0.25) is 0 Å². The van der Waals surface area contributed by atoms with Crippen molar-refractivity contribution in [2.45, 2.75) is 67.9 Å². The lowest BCUT2D eigenvalue weighted by molar-refractivity contribution is 0.102. The zero-order chi connectivity index (χ0) is 25.9. The average Bonchev–Trinajstić information content (AvgIpc) is 2.83. The molecule has 0 saturated carbocycles. The van der Waals surface area contributed by atoms with Crippen molar-refractivity contribution in [1.82, 2.24) is 15.2 Å². The maximum absolute atomic E-state index is 12.5. The smallest absolute Gasteiger partial charge is 0.317 e.